The molecule has 154 valence electrons. The van der Waals surface area contributed by atoms with Crippen molar-refractivity contribution in [2.45, 2.75) is 24.9 Å². The third kappa shape index (κ3) is 4.81. The molecule has 0 aromatic heterocycles. The van der Waals surface area contributed by atoms with Gasteiger partial charge in [0.05, 0.1) is 50.6 Å². The number of carbonyl (C=O) groups is 2. The van der Waals surface area contributed by atoms with E-state index in [9.17, 15) is 22.8 Å². The Hall–Kier alpha value is -1.74. The van der Waals surface area contributed by atoms with Gasteiger partial charge >= 0.3 is 6.18 Å². The van der Waals surface area contributed by atoms with Crippen LogP contribution in [0.4, 0.5) is 13.2 Å². The zero-order valence-electron chi connectivity index (χ0n) is 15.8. The van der Waals surface area contributed by atoms with Crippen molar-refractivity contribution in [1.82, 2.24) is 9.80 Å². The second-order valence-corrected chi connectivity index (χ2v) is 8.17. The molecule has 2 aliphatic rings. The normalized spacial score (nSPS) is 21.4. The van der Waals surface area contributed by atoms with E-state index in [2.05, 4.69) is 0 Å². The molecule has 2 heterocycles. The summed E-state index contributed by atoms with van der Waals surface area (Å²) in [6, 6.07) is 5.08. The molecule has 1 aromatic carbocycles. The number of carbonyl (C=O) groups excluding carboxylic acids is 2. The first kappa shape index (κ1) is 21.0. The maximum atomic E-state index is 12.8. The summed E-state index contributed by atoms with van der Waals surface area (Å²) in [5, 5.41) is -0.239. The van der Waals surface area contributed by atoms with Crippen LogP contribution in [-0.2, 0) is 15.8 Å². The van der Waals surface area contributed by atoms with Gasteiger partial charge < -0.3 is 14.7 Å². The second-order valence-electron chi connectivity index (χ2n) is 7.10. The van der Waals surface area contributed by atoms with Crippen molar-refractivity contribution in [3.63, 3.8) is 0 Å². The Kier molecular flexibility index (Phi) is 6.54. The molecule has 1 atom stereocenters. The third-order valence-electron chi connectivity index (χ3n) is 5.32. The van der Waals surface area contributed by atoms with Gasteiger partial charge in [-0.1, -0.05) is 19.1 Å². The Balaban J connectivity index is 1.57. The number of piperazine rings is 1. The fourth-order valence-corrected chi connectivity index (χ4v) is 4.85. The van der Waals surface area contributed by atoms with Gasteiger partial charge in [-0.15, -0.1) is 11.8 Å². The van der Waals surface area contributed by atoms with Gasteiger partial charge in [-0.2, -0.15) is 13.2 Å². The Morgan fingerprint density at radius 3 is 2.43 bits per heavy atom. The maximum absolute atomic E-state index is 12.8. The van der Waals surface area contributed by atoms with Crippen LogP contribution in [0.1, 0.15) is 29.8 Å². The summed E-state index contributed by atoms with van der Waals surface area (Å²) in [6.45, 7) is 6.36. The van der Waals surface area contributed by atoms with E-state index in [0.717, 1.165) is 50.4 Å². The van der Waals surface area contributed by atoms with Crippen molar-refractivity contribution in [3.8, 4) is 0 Å². The van der Waals surface area contributed by atoms with Crippen molar-refractivity contribution in [3.05, 3.63) is 35.4 Å². The van der Waals surface area contributed by atoms with E-state index in [1.54, 1.807) is 4.90 Å². The molecule has 28 heavy (non-hydrogen) atoms. The molecule has 0 bridgehead atoms. The molecule has 0 aliphatic carbocycles. The van der Waals surface area contributed by atoms with Crippen molar-refractivity contribution in [2.24, 2.45) is 0 Å². The molecule has 1 aromatic rings. The molecule has 1 N–H and O–H groups in total. The van der Waals surface area contributed by atoms with Gasteiger partial charge in [0.15, 0.2) is 0 Å². The number of nitrogens with one attached hydrogen (secondary N) is 1. The van der Waals surface area contributed by atoms with Crippen LogP contribution in [0.25, 0.3) is 0 Å². The lowest BCUT2D eigenvalue weighted by molar-refractivity contribution is -0.903. The standard InChI is InChI=1S/C19H24F3N3O2S/c1-2-16(26)24-10-7-23(8-11-24)9-12-25-17(27)13-28-18(25)14-3-5-15(6-4-14)19(20,21)22/h3-6,18H,2,7-13H2,1H3/p+1/t18-/m1/s1. The van der Waals surface area contributed by atoms with Gasteiger partial charge in [0.25, 0.3) is 0 Å². The van der Waals surface area contributed by atoms with Crippen molar-refractivity contribution in [2.75, 3.05) is 45.0 Å². The number of hydrogen-bond acceptors (Lipinski definition) is 3. The van der Waals surface area contributed by atoms with Crippen LogP contribution in [-0.4, -0.2) is 66.6 Å². The molecule has 0 spiro atoms. The van der Waals surface area contributed by atoms with E-state index in [4.69, 9.17) is 0 Å². The van der Waals surface area contributed by atoms with Crippen LogP contribution >= 0.6 is 11.8 Å². The summed E-state index contributed by atoms with van der Waals surface area (Å²) in [5.74, 6) is 0.543. The number of rotatable bonds is 5. The number of hydrogen-bond donors (Lipinski definition) is 1. The first-order valence-electron chi connectivity index (χ1n) is 9.49. The highest BCUT2D eigenvalue weighted by Gasteiger charge is 2.35. The predicted molar refractivity (Wildman–Crippen MR) is 101 cm³/mol. The molecule has 3 rings (SSSR count). The van der Waals surface area contributed by atoms with Gasteiger partial charge in [-0.3, -0.25) is 9.59 Å². The Bertz CT molecular complexity index is 703. The highest BCUT2D eigenvalue weighted by Crippen LogP contribution is 2.39. The van der Waals surface area contributed by atoms with Gasteiger partial charge in [0.1, 0.15) is 5.37 Å². The maximum Gasteiger partial charge on any atom is 0.416 e. The van der Waals surface area contributed by atoms with Crippen molar-refractivity contribution in [1.29, 1.82) is 0 Å². The summed E-state index contributed by atoms with van der Waals surface area (Å²) in [5.41, 5.74) is 0.0401. The zero-order chi connectivity index (χ0) is 20.3. The van der Waals surface area contributed by atoms with E-state index in [1.165, 1.54) is 28.8 Å². The highest BCUT2D eigenvalue weighted by molar-refractivity contribution is 8.00. The molecule has 9 heteroatoms. The fourth-order valence-electron chi connectivity index (χ4n) is 3.63. The SMILES string of the molecule is CCC(=O)N1CC[NH+](CCN2C(=O)CS[C@@H]2c2ccc(C(F)(F)F)cc2)CC1. The summed E-state index contributed by atoms with van der Waals surface area (Å²) < 4.78 is 38.3. The van der Waals surface area contributed by atoms with Crippen LogP contribution in [0.15, 0.2) is 24.3 Å². The van der Waals surface area contributed by atoms with E-state index >= 15 is 0 Å². The number of quaternary nitrogens is 1. The number of amides is 2. The average molecular weight is 416 g/mol. The monoisotopic (exact) mass is 416 g/mol. The molecule has 0 unspecified atom stereocenters. The summed E-state index contributed by atoms with van der Waals surface area (Å²) in [4.78, 5) is 29.1. The minimum Gasteiger partial charge on any atom is -0.331 e. The van der Waals surface area contributed by atoms with Crippen molar-refractivity contribution < 1.29 is 27.7 Å². The predicted octanol–water partition coefficient (Wildman–Crippen LogP) is 1.42. The largest absolute Gasteiger partial charge is 0.416 e. The van der Waals surface area contributed by atoms with Crippen LogP contribution in [0, 0.1) is 0 Å². The molecular formula is C19H25F3N3O2S+. The summed E-state index contributed by atoms with van der Waals surface area (Å²) in [7, 11) is 0. The molecule has 2 amide bonds. The highest BCUT2D eigenvalue weighted by atomic mass is 32.2. The van der Waals surface area contributed by atoms with E-state index in [-0.39, 0.29) is 17.2 Å². The average Bonchev–Trinajstić information content (AvgIpc) is 3.06. The minimum absolute atomic E-state index is 0.0223. The van der Waals surface area contributed by atoms with E-state index < -0.39 is 11.7 Å². The molecule has 0 saturated carbocycles. The topological polar surface area (TPSA) is 45.1 Å². The number of nitrogens with zero attached hydrogens (tertiary/aromatic N) is 2. The van der Waals surface area contributed by atoms with E-state index in [0.29, 0.717) is 18.7 Å². The third-order valence-corrected chi connectivity index (χ3v) is 6.58. The first-order valence-corrected chi connectivity index (χ1v) is 10.5. The number of halogens is 3. The van der Waals surface area contributed by atoms with Crippen LogP contribution in [0.3, 0.4) is 0 Å². The number of benzene rings is 1. The van der Waals surface area contributed by atoms with Crippen LogP contribution in [0.5, 0.6) is 0 Å². The molecular weight excluding hydrogens is 391 g/mol. The quantitative estimate of drug-likeness (QED) is 0.790. The van der Waals surface area contributed by atoms with E-state index in [1.807, 2.05) is 11.8 Å². The number of thioether (sulfide) groups is 1. The number of alkyl halides is 3. The van der Waals surface area contributed by atoms with Gasteiger partial charge in [0.2, 0.25) is 11.8 Å². The Morgan fingerprint density at radius 2 is 1.86 bits per heavy atom. The zero-order valence-corrected chi connectivity index (χ0v) is 16.6. The molecule has 2 fully saturated rings. The smallest absolute Gasteiger partial charge is 0.331 e. The molecule has 5 nitrogen and oxygen atoms in total. The van der Waals surface area contributed by atoms with Gasteiger partial charge in [0, 0.05) is 6.42 Å². The summed E-state index contributed by atoms with van der Waals surface area (Å²) >= 11 is 1.45. The minimum atomic E-state index is -4.36. The summed E-state index contributed by atoms with van der Waals surface area (Å²) in [6.07, 6.45) is -3.84. The second kappa shape index (κ2) is 8.73. The molecule has 2 saturated heterocycles. The Morgan fingerprint density at radius 1 is 1.21 bits per heavy atom. The van der Waals surface area contributed by atoms with Gasteiger partial charge in [-0.25, -0.2) is 0 Å². The lowest BCUT2D eigenvalue weighted by Gasteiger charge is -2.33. The molecule has 2 aliphatic heterocycles. The lowest BCUT2D eigenvalue weighted by atomic mass is 10.1. The lowest BCUT2D eigenvalue weighted by Crippen LogP contribution is -3.15. The van der Waals surface area contributed by atoms with Crippen molar-refractivity contribution >= 4 is 23.6 Å². The van der Waals surface area contributed by atoms with Crippen LogP contribution < -0.4 is 4.90 Å². The fraction of sp³-hybridized carbons (Fsp3) is 0.579. The van der Waals surface area contributed by atoms with Crippen LogP contribution in [0.2, 0.25) is 0 Å². The van der Waals surface area contributed by atoms with Gasteiger partial charge in [-0.05, 0) is 17.7 Å². The first-order chi connectivity index (χ1) is 13.3. The molecule has 0 radical (unpaired) electrons. The Labute approximate surface area is 166 Å².